The summed E-state index contributed by atoms with van der Waals surface area (Å²) in [7, 11) is 5.30. The lowest BCUT2D eigenvalue weighted by Crippen LogP contribution is -2.47. The van der Waals surface area contributed by atoms with Crippen molar-refractivity contribution in [2.75, 3.05) is 27.9 Å². The predicted molar refractivity (Wildman–Crippen MR) is 81.6 cm³/mol. The first-order chi connectivity index (χ1) is 10.1. The van der Waals surface area contributed by atoms with E-state index in [1.165, 1.54) is 0 Å². The van der Waals surface area contributed by atoms with Gasteiger partial charge in [-0.2, -0.15) is 0 Å². The van der Waals surface area contributed by atoms with E-state index < -0.39 is 0 Å². The molecule has 1 aliphatic rings. The molecule has 0 radical (unpaired) electrons. The molecule has 2 unspecified atom stereocenters. The standard InChI is InChI=1S/C16H26N2O3/c1-12-5-7-16(9-12,11-19)18(2)10-13-15(21-4)14(20-3)6-8-17-13/h6,8,12,19H,5,7,9-11H2,1-4H3. The number of hydrogen-bond donors (Lipinski definition) is 1. The minimum absolute atomic E-state index is 0.144. The third-order valence-electron chi connectivity index (χ3n) is 4.69. The van der Waals surface area contributed by atoms with E-state index in [9.17, 15) is 5.11 Å². The molecule has 1 aromatic heterocycles. The van der Waals surface area contributed by atoms with Crippen LogP contribution in [0.4, 0.5) is 0 Å². The van der Waals surface area contributed by atoms with Crippen molar-refractivity contribution in [3.05, 3.63) is 18.0 Å². The normalized spacial score (nSPS) is 25.3. The zero-order valence-corrected chi connectivity index (χ0v) is 13.4. The quantitative estimate of drug-likeness (QED) is 0.870. The number of ether oxygens (including phenoxy) is 2. The number of hydrogen-bond acceptors (Lipinski definition) is 5. The third-order valence-corrected chi connectivity index (χ3v) is 4.69. The Labute approximate surface area is 126 Å². The van der Waals surface area contributed by atoms with Crippen molar-refractivity contribution >= 4 is 0 Å². The maximum Gasteiger partial charge on any atom is 0.183 e. The van der Waals surface area contributed by atoms with Gasteiger partial charge in [-0.15, -0.1) is 0 Å². The molecule has 1 heterocycles. The highest BCUT2D eigenvalue weighted by Gasteiger charge is 2.40. The van der Waals surface area contributed by atoms with Gasteiger partial charge in [0.15, 0.2) is 11.5 Å². The van der Waals surface area contributed by atoms with Crippen LogP contribution >= 0.6 is 0 Å². The fourth-order valence-electron chi connectivity index (χ4n) is 3.33. The summed E-state index contributed by atoms with van der Waals surface area (Å²) in [4.78, 5) is 6.63. The Bertz CT molecular complexity index is 481. The van der Waals surface area contributed by atoms with E-state index in [-0.39, 0.29) is 12.1 Å². The van der Waals surface area contributed by atoms with Crippen molar-refractivity contribution in [1.82, 2.24) is 9.88 Å². The van der Waals surface area contributed by atoms with Gasteiger partial charge in [0.1, 0.15) is 5.69 Å². The monoisotopic (exact) mass is 294 g/mol. The summed E-state index contributed by atoms with van der Waals surface area (Å²) in [6.07, 6.45) is 4.93. The molecule has 5 nitrogen and oxygen atoms in total. The van der Waals surface area contributed by atoms with Crippen LogP contribution in [0.2, 0.25) is 0 Å². The smallest absolute Gasteiger partial charge is 0.183 e. The average molecular weight is 294 g/mol. The number of pyridine rings is 1. The minimum atomic E-state index is -0.144. The molecular weight excluding hydrogens is 268 g/mol. The van der Waals surface area contributed by atoms with E-state index >= 15 is 0 Å². The number of nitrogens with zero attached hydrogens (tertiary/aromatic N) is 2. The average Bonchev–Trinajstić information content (AvgIpc) is 2.89. The molecular formula is C16H26N2O3. The highest BCUT2D eigenvalue weighted by Crippen LogP contribution is 2.39. The fourth-order valence-corrected chi connectivity index (χ4v) is 3.33. The Kier molecular flexibility index (Phi) is 5.06. The number of likely N-dealkylation sites (N-methyl/N-ethyl adjacent to an activating group) is 1. The second-order valence-corrected chi connectivity index (χ2v) is 6.08. The largest absolute Gasteiger partial charge is 0.493 e. The summed E-state index contributed by atoms with van der Waals surface area (Å²) < 4.78 is 10.8. The summed E-state index contributed by atoms with van der Waals surface area (Å²) in [6.45, 7) is 3.06. The summed E-state index contributed by atoms with van der Waals surface area (Å²) in [5, 5.41) is 9.89. The Morgan fingerprint density at radius 3 is 2.71 bits per heavy atom. The first-order valence-corrected chi connectivity index (χ1v) is 7.44. The maximum atomic E-state index is 9.89. The van der Waals surface area contributed by atoms with Crippen molar-refractivity contribution in [3.63, 3.8) is 0 Å². The molecule has 0 spiro atoms. The Morgan fingerprint density at radius 1 is 1.43 bits per heavy atom. The first kappa shape index (κ1) is 16.0. The highest BCUT2D eigenvalue weighted by atomic mass is 16.5. The van der Waals surface area contributed by atoms with Crippen LogP contribution in [-0.4, -0.2) is 48.4 Å². The molecule has 118 valence electrons. The molecule has 5 heteroatoms. The second-order valence-electron chi connectivity index (χ2n) is 6.08. The van der Waals surface area contributed by atoms with E-state index in [0.717, 1.165) is 25.0 Å². The van der Waals surface area contributed by atoms with Crippen LogP contribution in [0.1, 0.15) is 31.9 Å². The van der Waals surface area contributed by atoms with Gasteiger partial charge in [0.2, 0.25) is 0 Å². The van der Waals surface area contributed by atoms with Crippen LogP contribution < -0.4 is 9.47 Å². The fraction of sp³-hybridized carbons (Fsp3) is 0.688. The van der Waals surface area contributed by atoms with Crippen LogP contribution in [0.15, 0.2) is 12.3 Å². The molecule has 2 atom stereocenters. The van der Waals surface area contributed by atoms with Gasteiger partial charge < -0.3 is 14.6 Å². The second kappa shape index (κ2) is 6.62. The molecule has 1 saturated carbocycles. The van der Waals surface area contributed by atoms with E-state index in [1.807, 2.05) is 0 Å². The van der Waals surface area contributed by atoms with E-state index in [1.54, 1.807) is 26.5 Å². The van der Waals surface area contributed by atoms with Gasteiger partial charge >= 0.3 is 0 Å². The van der Waals surface area contributed by atoms with Crippen molar-refractivity contribution in [2.45, 2.75) is 38.3 Å². The third kappa shape index (κ3) is 3.14. The van der Waals surface area contributed by atoms with Gasteiger partial charge in [0.05, 0.1) is 20.8 Å². The molecule has 0 aliphatic heterocycles. The van der Waals surface area contributed by atoms with Gasteiger partial charge in [0.25, 0.3) is 0 Å². The van der Waals surface area contributed by atoms with E-state index in [0.29, 0.717) is 24.0 Å². The molecule has 1 fully saturated rings. The van der Waals surface area contributed by atoms with Gasteiger partial charge in [0, 0.05) is 24.3 Å². The molecule has 0 saturated heterocycles. The molecule has 0 aromatic carbocycles. The molecule has 0 amide bonds. The van der Waals surface area contributed by atoms with Crippen molar-refractivity contribution in [2.24, 2.45) is 5.92 Å². The number of aromatic nitrogens is 1. The van der Waals surface area contributed by atoms with Gasteiger partial charge in [-0.05, 0) is 32.2 Å². The van der Waals surface area contributed by atoms with Gasteiger partial charge in [-0.1, -0.05) is 6.92 Å². The molecule has 1 N–H and O–H groups in total. The summed E-state index contributed by atoms with van der Waals surface area (Å²) in [5.41, 5.74) is 0.696. The Balaban J connectivity index is 2.21. The van der Waals surface area contributed by atoms with Crippen LogP contribution in [0.25, 0.3) is 0 Å². The summed E-state index contributed by atoms with van der Waals surface area (Å²) in [6, 6.07) is 1.79. The minimum Gasteiger partial charge on any atom is -0.493 e. The first-order valence-electron chi connectivity index (χ1n) is 7.44. The van der Waals surface area contributed by atoms with Crippen molar-refractivity contribution in [1.29, 1.82) is 0 Å². The Morgan fingerprint density at radius 2 is 2.19 bits per heavy atom. The van der Waals surface area contributed by atoms with Crippen molar-refractivity contribution in [3.8, 4) is 11.5 Å². The molecule has 21 heavy (non-hydrogen) atoms. The van der Waals surface area contributed by atoms with Crippen LogP contribution in [0, 0.1) is 5.92 Å². The number of methoxy groups -OCH3 is 2. The number of rotatable bonds is 6. The summed E-state index contributed by atoms with van der Waals surface area (Å²) >= 11 is 0. The molecule has 2 rings (SSSR count). The predicted octanol–water partition coefficient (Wildman–Crippen LogP) is 2.08. The van der Waals surface area contributed by atoms with Crippen LogP contribution in [0.3, 0.4) is 0 Å². The van der Waals surface area contributed by atoms with Crippen molar-refractivity contribution < 1.29 is 14.6 Å². The highest BCUT2D eigenvalue weighted by molar-refractivity contribution is 5.42. The summed E-state index contributed by atoms with van der Waals surface area (Å²) in [5.74, 6) is 2.01. The van der Waals surface area contributed by atoms with Gasteiger partial charge in [-0.25, -0.2) is 0 Å². The lowest BCUT2D eigenvalue weighted by molar-refractivity contribution is 0.0442. The van der Waals surface area contributed by atoms with Crippen LogP contribution in [-0.2, 0) is 6.54 Å². The van der Waals surface area contributed by atoms with E-state index in [4.69, 9.17) is 9.47 Å². The van der Waals surface area contributed by atoms with E-state index in [2.05, 4.69) is 23.9 Å². The van der Waals surface area contributed by atoms with Gasteiger partial charge in [-0.3, -0.25) is 9.88 Å². The Hall–Kier alpha value is -1.33. The number of aliphatic hydroxyl groups excluding tert-OH is 1. The number of aliphatic hydroxyl groups is 1. The zero-order chi connectivity index (χ0) is 15.5. The lowest BCUT2D eigenvalue weighted by atomic mass is 9.95. The molecule has 0 bridgehead atoms. The topological polar surface area (TPSA) is 54.8 Å². The zero-order valence-electron chi connectivity index (χ0n) is 13.4. The lowest BCUT2D eigenvalue weighted by Gasteiger charge is -2.37. The molecule has 1 aliphatic carbocycles. The maximum absolute atomic E-state index is 9.89. The molecule has 1 aromatic rings. The SMILES string of the molecule is COc1ccnc(CN(C)C2(CO)CCC(C)C2)c1OC. The van der Waals surface area contributed by atoms with Crippen LogP contribution in [0.5, 0.6) is 11.5 Å².